The van der Waals surface area contributed by atoms with Crippen LogP contribution in [-0.2, 0) is 0 Å². The number of aryl methyl sites for hydroxylation is 1. The Morgan fingerprint density at radius 3 is 2.53 bits per heavy atom. The standard InChI is InChI=1S/C13H21NO/c1-9(2)7-12(14)13(15)11-6-4-5-10(3)8-11/h4-6,8-9,12-13,15H,7,14H2,1-3H3/t12-,13+/m1/s1. The fourth-order valence-corrected chi connectivity index (χ4v) is 1.77. The van der Waals surface area contributed by atoms with Gasteiger partial charge in [0.25, 0.3) is 0 Å². The van der Waals surface area contributed by atoms with Crippen LogP contribution in [0.3, 0.4) is 0 Å². The summed E-state index contributed by atoms with van der Waals surface area (Å²) < 4.78 is 0. The van der Waals surface area contributed by atoms with Gasteiger partial charge in [-0.05, 0) is 24.8 Å². The Kier molecular flexibility index (Phi) is 4.30. The second-order valence-corrected chi connectivity index (χ2v) is 4.65. The van der Waals surface area contributed by atoms with E-state index in [9.17, 15) is 5.11 Å². The van der Waals surface area contributed by atoms with Crippen LogP contribution in [0.1, 0.15) is 37.5 Å². The summed E-state index contributed by atoms with van der Waals surface area (Å²) in [5, 5.41) is 10.0. The van der Waals surface area contributed by atoms with E-state index in [0.717, 1.165) is 17.5 Å². The third kappa shape index (κ3) is 3.65. The van der Waals surface area contributed by atoms with Crippen molar-refractivity contribution in [2.75, 3.05) is 0 Å². The molecule has 0 amide bonds. The van der Waals surface area contributed by atoms with Crippen LogP contribution in [0.5, 0.6) is 0 Å². The van der Waals surface area contributed by atoms with Crippen molar-refractivity contribution >= 4 is 0 Å². The maximum Gasteiger partial charge on any atom is 0.0941 e. The van der Waals surface area contributed by atoms with E-state index < -0.39 is 6.10 Å². The predicted octanol–water partition coefficient (Wildman–Crippen LogP) is 2.40. The minimum atomic E-state index is -0.549. The van der Waals surface area contributed by atoms with E-state index in [4.69, 9.17) is 5.73 Å². The molecule has 0 bridgehead atoms. The zero-order valence-corrected chi connectivity index (χ0v) is 9.77. The number of hydrogen-bond acceptors (Lipinski definition) is 2. The number of aliphatic hydroxyl groups is 1. The molecule has 0 unspecified atom stereocenters. The molecule has 0 aliphatic rings. The summed E-state index contributed by atoms with van der Waals surface area (Å²) >= 11 is 0. The van der Waals surface area contributed by atoms with Gasteiger partial charge in [-0.15, -0.1) is 0 Å². The molecule has 0 fully saturated rings. The van der Waals surface area contributed by atoms with Crippen molar-refractivity contribution in [2.45, 2.75) is 39.3 Å². The van der Waals surface area contributed by atoms with Gasteiger partial charge in [-0.25, -0.2) is 0 Å². The van der Waals surface area contributed by atoms with E-state index in [0.29, 0.717) is 5.92 Å². The van der Waals surface area contributed by atoms with E-state index >= 15 is 0 Å². The van der Waals surface area contributed by atoms with Crippen molar-refractivity contribution in [3.63, 3.8) is 0 Å². The van der Waals surface area contributed by atoms with Crippen LogP contribution in [0.2, 0.25) is 0 Å². The molecular formula is C13H21NO. The van der Waals surface area contributed by atoms with Gasteiger partial charge >= 0.3 is 0 Å². The topological polar surface area (TPSA) is 46.2 Å². The molecule has 0 radical (unpaired) electrons. The van der Waals surface area contributed by atoms with E-state index in [2.05, 4.69) is 13.8 Å². The summed E-state index contributed by atoms with van der Waals surface area (Å²) in [6, 6.07) is 7.72. The molecular weight excluding hydrogens is 186 g/mol. The van der Waals surface area contributed by atoms with Gasteiger partial charge in [-0.1, -0.05) is 43.7 Å². The molecule has 1 aromatic rings. The van der Waals surface area contributed by atoms with Gasteiger partial charge in [0, 0.05) is 6.04 Å². The normalized spacial score (nSPS) is 15.3. The fourth-order valence-electron chi connectivity index (χ4n) is 1.77. The van der Waals surface area contributed by atoms with E-state index in [1.807, 2.05) is 31.2 Å². The SMILES string of the molecule is Cc1cccc([C@H](O)[C@H](N)CC(C)C)c1. The predicted molar refractivity (Wildman–Crippen MR) is 63.6 cm³/mol. The summed E-state index contributed by atoms with van der Waals surface area (Å²) in [7, 11) is 0. The van der Waals surface area contributed by atoms with Crippen molar-refractivity contribution in [3.8, 4) is 0 Å². The summed E-state index contributed by atoms with van der Waals surface area (Å²) in [6.45, 7) is 6.25. The molecule has 0 aromatic heterocycles. The first-order valence-electron chi connectivity index (χ1n) is 5.51. The summed E-state index contributed by atoms with van der Waals surface area (Å²) in [5.74, 6) is 0.513. The number of hydrogen-bond donors (Lipinski definition) is 2. The zero-order chi connectivity index (χ0) is 11.4. The molecule has 2 nitrogen and oxygen atoms in total. The van der Waals surface area contributed by atoms with E-state index in [1.165, 1.54) is 0 Å². The number of rotatable bonds is 4. The Morgan fingerprint density at radius 1 is 1.33 bits per heavy atom. The maximum absolute atomic E-state index is 10.0. The van der Waals surface area contributed by atoms with Crippen molar-refractivity contribution < 1.29 is 5.11 Å². The summed E-state index contributed by atoms with van der Waals surface area (Å²) in [6.07, 6.45) is 0.294. The second-order valence-electron chi connectivity index (χ2n) is 4.65. The highest BCUT2D eigenvalue weighted by atomic mass is 16.3. The lowest BCUT2D eigenvalue weighted by molar-refractivity contribution is 0.136. The Labute approximate surface area is 92.1 Å². The third-order valence-corrected chi connectivity index (χ3v) is 2.53. The van der Waals surface area contributed by atoms with Gasteiger partial charge in [0.15, 0.2) is 0 Å². The minimum absolute atomic E-state index is 0.174. The van der Waals surface area contributed by atoms with Crippen LogP contribution in [-0.4, -0.2) is 11.1 Å². The minimum Gasteiger partial charge on any atom is -0.387 e. The average molecular weight is 207 g/mol. The molecule has 2 atom stereocenters. The molecule has 0 aliphatic heterocycles. The number of benzene rings is 1. The van der Waals surface area contributed by atoms with Crippen LogP contribution >= 0.6 is 0 Å². The van der Waals surface area contributed by atoms with Gasteiger partial charge in [-0.3, -0.25) is 0 Å². The molecule has 3 N–H and O–H groups in total. The smallest absolute Gasteiger partial charge is 0.0941 e. The highest BCUT2D eigenvalue weighted by Crippen LogP contribution is 2.20. The molecule has 0 spiro atoms. The first kappa shape index (κ1) is 12.2. The molecule has 0 heterocycles. The monoisotopic (exact) mass is 207 g/mol. The highest BCUT2D eigenvalue weighted by Gasteiger charge is 2.17. The van der Waals surface area contributed by atoms with Crippen LogP contribution < -0.4 is 5.73 Å². The molecule has 0 saturated carbocycles. The van der Waals surface area contributed by atoms with E-state index in [1.54, 1.807) is 0 Å². The molecule has 0 aliphatic carbocycles. The van der Waals surface area contributed by atoms with Gasteiger partial charge in [-0.2, -0.15) is 0 Å². The zero-order valence-electron chi connectivity index (χ0n) is 9.77. The Bertz CT molecular complexity index is 309. The summed E-state index contributed by atoms with van der Waals surface area (Å²) in [5.41, 5.74) is 8.03. The van der Waals surface area contributed by atoms with Crippen LogP contribution in [0.25, 0.3) is 0 Å². The van der Waals surface area contributed by atoms with E-state index in [-0.39, 0.29) is 6.04 Å². The lowest BCUT2D eigenvalue weighted by Gasteiger charge is -2.21. The average Bonchev–Trinajstić information content (AvgIpc) is 2.15. The lowest BCUT2D eigenvalue weighted by Crippen LogP contribution is -2.29. The van der Waals surface area contributed by atoms with Gasteiger partial charge in [0.2, 0.25) is 0 Å². The van der Waals surface area contributed by atoms with Gasteiger partial charge < -0.3 is 10.8 Å². The molecule has 1 rings (SSSR count). The van der Waals surface area contributed by atoms with Crippen molar-refractivity contribution in [3.05, 3.63) is 35.4 Å². The molecule has 1 aromatic carbocycles. The maximum atomic E-state index is 10.0. The molecule has 2 heteroatoms. The molecule has 0 saturated heterocycles. The van der Waals surface area contributed by atoms with Crippen LogP contribution in [0.15, 0.2) is 24.3 Å². The highest BCUT2D eigenvalue weighted by molar-refractivity contribution is 5.24. The lowest BCUT2D eigenvalue weighted by atomic mass is 9.95. The number of aliphatic hydroxyl groups excluding tert-OH is 1. The Morgan fingerprint density at radius 2 is 2.00 bits per heavy atom. The van der Waals surface area contributed by atoms with Gasteiger partial charge in [0.1, 0.15) is 0 Å². The van der Waals surface area contributed by atoms with Crippen molar-refractivity contribution in [1.29, 1.82) is 0 Å². The Balaban J connectivity index is 2.71. The fraction of sp³-hybridized carbons (Fsp3) is 0.538. The quantitative estimate of drug-likeness (QED) is 0.796. The first-order chi connectivity index (χ1) is 7.00. The van der Waals surface area contributed by atoms with Crippen molar-refractivity contribution in [2.24, 2.45) is 11.7 Å². The van der Waals surface area contributed by atoms with Crippen molar-refractivity contribution in [1.82, 2.24) is 0 Å². The molecule has 15 heavy (non-hydrogen) atoms. The van der Waals surface area contributed by atoms with Gasteiger partial charge in [0.05, 0.1) is 6.10 Å². The first-order valence-corrected chi connectivity index (χ1v) is 5.51. The van der Waals surface area contributed by atoms with Crippen LogP contribution in [0, 0.1) is 12.8 Å². The second kappa shape index (κ2) is 5.29. The Hall–Kier alpha value is -0.860. The molecule has 84 valence electrons. The summed E-state index contributed by atoms with van der Waals surface area (Å²) in [4.78, 5) is 0. The number of nitrogens with two attached hydrogens (primary N) is 1. The third-order valence-electron chi connectivity index (χ3n) is 2.53. The van der Waals surface area contributed by atoms with Crippen LogP contribution in [0.4, 0.5) is 0 Å². The largest absolute Gasteiger partial charge is 0.387 e.